The quantitative estimate of drug-likeness (QED) is 0.402. The molecule has 1 heterocycles. The van der Waals surface area contributed by atoms with Gasteiger partial charge in [0.15, 0.2) is 0 Å². The van der Waals surface area contributed by atoms with Gasteiger partial charge in [-0.2, -0.15) is 13.2 Å². The Morgan fingerprint density at radius 1 is 1.12 bits per heavy atom. The maximum absolute atomic E-state index is 12.9. The van der Waals surface area contributed by atoms with E-state index < -0.39 is 11.7 Å². The molecule has 0 aliphatic rings. The van der Waals surface area contributed by atoms with Crippen LogP contribution in [0.15, 0.2) is 53.9 Å². The molecule has 128 valence electrons. The topological polar surface area (TPSA) is 34.5 Å². The number of unbranched alkanes of at least 4 members (excludes halogenated alkanes) is 2. The molecule has 0 unspecified atom stereocenters. The van der Waals surface area contributed by atoms with Crippen LogP contribution in [0.25, 0.3) is 0 Å². The second-order valence-electron chi connectivity index (χ2n) is 5.30. The Bertz CT molecular complexity index is 669. The first-order valence-electron chi connectivity index (χ1n) is 7.80. The van der Waals surface area contributed by atoms with Crippen LogP contribution in [0.5, 0.6) is 0 Å². The van der Waals surface area contributed by atoms with Crippen molar-refractivity contribution in [3.8, 4) is 0 Å². The Balaban J connectivity index is 2.31. The molecule has 0 saturated heterocycles. The van der Waals surface area contributed by atoms with Crippen molar-refractivity contribution in [2.24, 2.45) is 5.16 Å². The Labute approximate surface area is 139 Å². The smallest absolute Gasteiger partial charge is 0.395 e. The van der Waals surface area contributed by atoms with Gasteiger partial charge in [0.2, 0.25) is 0 Å². The lowest BCUT2D eigenvalue weighted by atomic mass is 10.0. The second kappa shape index (κ2) is 8.47. The molecule has 24 heavy (non-hydrogen) atoms. The van der Waals surface area contributed by atoms with Crippen LogP contribution in [0.1, 0.15) is 42.9 Å². The van der Waals surface area contributed by atoms with Gasteiger partial charge in [-0.15, -0.1) is 0 Å². The fourth-order valence-electron chi connectivity index (χ4n) is 2.14. The van der Waals surface area contributed by atoms with E-state index in [2.05, 4.69) is 17.1 Å². The number of benzene rings is 1. The van der Waals surface area contributed by atoms with Crippen LogP contribution >= 0.6 is 0 Å². The first kappa shape index (κ1) is 18.0. The lowest BCUT2D eigenvalue weighted by Gasteiger charge is -2.11. The van der Waals surface area contributed by atoms with Crippen molar-refractivity contribution >= 4 is 5.71 Å². The summed E-state index contributed by atoms with van der Waals surface area (Å²) in [4.78, 5) is 9.31. The fourth-order valence-corrected chi connectivity index (χ4v) is 2.14. The summed E-state index contributed by atoms with van der Waals surface area (Å²) in [6.07, 6.45) is 1.66. The number of alkyl halides is 3. The van der Waals surface area contributed by atoms with E-state index >= 15 is 0 Å². The van der Waals surface area contributed by atoms with Gasteiger partial charge in [-0.1, -0.05) is 37.1 Å². The van der Waals surface area contributed by atoms with Crippen LogP contribution in [0, 0.1) is 0 Å². The zero-order valence-corrected chi connectivity index (χ0v) is 13.4. The standard InChI is InChI=1S/C18H19F3N2O/c1-2-3-4-11-24-23-17(15-8-6-10-22-13-15)14-7-5-9-16(12-14)18(19,20)21/h5-10,12-13H,2-4,11H2,1H3/b23-17+. The number of oxime groups is 1. The van der Waals surface area contributed by atoms with Crippen LogP contribution in [-0.2, 0) is 11.0 Å². The molecule has 2 rings (SSSR count). The summed E-state index contributed by atoms with van der Waals surface area (Å²) in [5.41, 5.74) is 0.564. The maximum atomic E-state index is 12.9. The maximum Gasteiger partial charge on any atom is 0.416 e. The summed E-state index contributed by atoms with van der Waals surface area (Å²) >= 11 is 0. The van der Waals surface area contributed by atoms with Crippen molar-refractivity contribution < 1.29 is 18.0 Å². The zero-order valence-electron chi connectivity index (χ0n) is 13.4. The Morgan fingerprint density at radius 3 is 2.58 bits per heavy atom. The van der Waals surface area contributed by atoms with Crippen molar-refractivity contribution in [2.75, 3.05) is 6.61 Å². The average Bonchev–Trinajstić information content (AvgIpc) is 2.58. The minimum atomic E-state index is -4.40. The Hall–Kier alpha value is -2.37. The van der Waals surface area contributed by atoms with Gasteiger partial charge in [-0.25, -0.2) is 0 Å². The second-order valence-corrected chi connectivity index (χ2v) is 5.30. The highest BCUT2D eigenvalue weighted by atomic mass is 19.4. The van der Waals surface area contributed by atoms with Crippen molar-refractivity contribution in [3.63, 3.8) is 0 Å². The van der Waals surface area contributed by atoms with E-state index in [0.29, 0.717) is 23.4 Å². The van der Waals surface area contributed by atoms with Gasteiger partial charge in [0.25, 0.3) is 0 Å². The van der Waals surface area contributed by atoms with Crippen LogP contribution in [0.4, 0.5) is 13.2 Å². The van der Waals surface area contributed by atoms with Crippen LogP contribution in [0.3, 0.4) is 0 Å². The first-order valence-corrected chi connectivity index (χ1v) is 7.80. The summed E-state index contributed by atoms with van der Waals surface area (Å²) in [6.45, 7) is 2.50. The molecule has 0 fully saturated rings. The van der Waals surface area contributed by atoms with Crippen molar-refractivity contribution in [2.45, 2.75) is 32.4 Å². The molecule has 3 nitrogen and oxygen atoms in total. The lowest BCUT2D eigenvalue weighted by Crippen LogP contribution is -2.10. The minimum absolute atomic E-state index is 0.339. The van der Waals surface area contributed by atoms with E-state index in [1.165, 1.54) is 6.07 Å². The van der Waals surface area contributed by atoms with Gasteiger partial charge in [0.1, 0.15) is 12.3 Å². The lowest BCUT2D eigenvalue weighted by molar-refractivity contribution is -0.137. The summed E-state index contributed by atoms with van der Waals surface area (Å²) in [5, 5.41) is 4.07. The molecule has 6 heteroatoms. The molecule has 0 saturated carbocycles. The molecule has 0 N–H and O–H groups in total. The molecule has 0 aliphatic heterocycles. The van der Waals surface area contributed by atoms with Crippen LogP contribution < -0.4 is 0 Å². The molecule has 0 aliphatic carbocycles. The predicted molar refractivity (Wildman–Crippen MR) is 86.8 cm³/mol. The van der Waals surface area contributed by atoms with Gasteiger partial charge in [0, 0.05) is 23.5 Å². The summed E-state index contributed by atoms with van der Waals surface area (Å²) in [6, 6.07) is 8.49. The van der Waals surface area contributed by atoms with Crippen molar-refractivity contribution in [3.05, 3.63) is 65.5 Å². The zero-order chi connectivity index (χ0) is 17.4. The van der Waals surface area contributed by atoms with E-state index in [9.17, 15) is 13.2 Å². The molecule has 2 aromatic rings. The molecule has 1 aromatic carbocycles. The number of hydrogen-bond donors (Lipinski definition) is 0. The number of halogens is 3. The number of pyridine rings is 1. The van der Waals surface area contributed by atoms with E-state index in [-0.39, 0.29) is 0 Å². The van der Waals surface area contributed by atoms with Gasteiger partial charge >= 0.3 is 6.18 Å². The normalized spacial score (nSPS) is 12.2. The van der Waals surface area contributed by atoms with Gasteiger partial charge in [0.05, 0.1) is 5.56 Å². The Kier molecular flexibility index (Phi) is 6.35. The number of hydrogen-bond acceptors (Lipinski definition) is 3. The largest absolute Gasteiger partial charge is 0.416 e. The molecule has 0 spiro atoms. The highest BCUT2D eigenvalue weighted by Gasteiger charge is 2.30. The third-order valence-electron chi connectivity index (χ3n) is 3.39. The van der Waals surface area contributed by atoms with Crippen LogP contribution in [0.2, 0.25) is 0 Å². The number of aromatic nitrogens is 1. The van der Waals surface area contributed by atoms with Gasteiger partial charge < -0.3 is 4.84 Å². The van der Waals surface area contributed by atoms with Crippen molar-refractivity contribution in [1.82, 2.24) is 4.98 Å². The molecule has 0 bridgehead atoms. The van der Waals surface area contributed by atoms with E-state index in [4.69, 9.17) is 4.84 Å². The summed E-state index contributed by atoms with van der Waals surface area (Å²) in [5.74, 6) is 0. The summed E-state index contributed by atoms with van der Waals surface area (Å²) in [7, 11) is 0. The van der Waals surface area contributed by atoms with Gasteiger partial charge in [-0.05, 0) is 30.7 Å². The van der Waals surface area contributed by atoms with E-state index in [1.807, 2.05) is 0 Å². The first-order chi connectivity index (χ1) is 11.5. The van der Waals surface area contributed by atoms with Crippen LogP contribution in [-0.4, -0.2) is 17.3 Å². The highest BCUT2D eigenvalue weighted by Crippen LogP contribution is 2.30. The highest BCUT2D eigenvalue weighted by molar-refractivity contribution is 6.12. The van der Waals surface area contributed by atoms with E-state index in [1.54, 1.807) is 30.6 Å². The number of rotatable bonds is 7. The molecular formula is C18H19F3N2O. The minimum Gasteiger partial charge on any atom is -0.395 e. The van der Waals surface area contributed by atoms with Crippen molar-refractivity contribution in [1.29, 1.82) is 0 Å². The Morgan fingerprint density at radius 2 is 1.92 bits per heavy atom. The van der Waals surface area contributed by atoms with E-state index in [0.717, 1.165) is 31.4 Å². The monoisotopic (exact) mass is 336 g/mol. The molecule has 0 atom stereocenters. The predicted octanol–water partition coefficient (Wildman–Crippen LogP) is 5.06. The molecule has 0 radical (unpaired) electrons. The molecule has 0 amide bonds. The SMILES string of the molecule is CCCCCO/N=C(/c1cccnc1)c1cccc(C(F)(F)F)c1. The average molecular weight is 336 g/mol. The van der Waals surface area contributed by atoms with Gasteiger partial charge in [-0.3, -0.25) is 4.98 Å². The molecule has 1 aromatic heterocycles. The third-order valence-corrected chi connectivity index (χ3v) is 3.39. The third kappa shape index (κ3) is 5.08. The fraction of sp³-hybridized carbons (Fsp3) is 0.333. The number of nitrogens with zero attached hydrogens (tertiary/aromatic N) is 2. The molecular weight excluding hydrogens is 317 g/mol. The summed E-state index contributed by atoms with van der Waals surface area (Å²) < 4.78 is 38.8.